The quantitative estimate of drug-likeness (QED) is 0.622. The molecule has 4 nitrogen and oxygen atoms in total. The van der Waals surface area contributed by atoms with Gasteiger partial charge in [-0.15, -0.1) is 0 Å². The number of hydrogen-bond acceptors (Lipinski definition) is 4. The molecule has 1 aliphatic carbocycles. The SMILES string of the molecule is COC(=O)c1cccc(N)c1OCC1CC1. The first-order valence-corrected chi connectivity index (χ1v) is 5.32. The molecule has 0 radical (unpaired) electrons. The van der Waals surface area contributed by atoms with Crippen molar-refractivity contribution < 1.29 is 14.3 Å². The lowest BCUT2D eigenvalue weighted by Gasteiger charge is -2.11. The molecule has 0 heterocycles. The zero-order chi connectivity index (χ0) is 11.5. The summed E-state index contributed by atoms with van der Waals surface area (Å²) >= 11 is 0. The molecule has 86 valence electrons. The standard InChI is InChI=1S/C12H15NO3/c1-15-12(14)9-3-2-4-10(13)11(9)16-7-8-5-6-8/h2-4,8H,5-7,13H2,1H3. The van der Waals surface area contributed by atoms with E-state index in [2.05, 4.69) is 4.74 Å². The maximum absolute atomic E-state index is 11.5. The number of ether oxygens (including phenoxy) is 2. The molecule has 0 spiro atoms. The second kappa shape index (κ2) is 4.43. The molecule has 0 saturated heterocycles. The van der Waals surface area contributed by atoms with Crippen LogP contribution in [0.4, 0.5) is 5.69 Å². The molecular weight excluding hydrogens is 206 g/mol. The highest BCUT2D eigenvalue weighted by atomic mass is 16.5. The van der Waals surface area contributed by atoms with Crippen LogP contribution < -0.4 is 10.5 Å². The summed E-state index contributed by atoms with van der Waals surface area (Å²) < 4.78 is 10.3. The summed E-state index contributed by atoms with van der Waals surface area (Å²) in [5.74, 6) is 0.643. The number of anilines is 1. The Kier molecular flexibility index (Phi) is 2.99. The van der Waals surface area contributed by atoms with Crippen molar-refractivity contribution in [1.82, 2.24) is 0 Å². The third kappa shape index (κ3) is 2.27. The fourth-order valence-electron chi connectivity index (χ4n) is 1.47. The van der Waals surface area contributed by atoms with Gasteiger partial charge in [0.1, 0.15) is 5.56 Å². The Morgan fingerprint density at radius 2 is 2.25 bits per heavy atom. The zero-order valence-corrected chi connectivity index (χ0v) is 9.23. The van der Waals surface area contributed by atoms with Gasteiger partial charge in [0.2, 0.25) is 0 Å². The molecule has 0 unspecified atom stereocenters. The van der Waals surface area contributed by atoms with Crippen LogP contribution in [-0.4, -0.2) is 19.7 Å². The topological polar surface area (TPSA) is 61.5 Å². The number of nitrogen functional groups attached to an aromatic ring is 1. The lowest BCUT2D eigenvalue weighted by atomic mass is 10.1. The van der Waals surface area contributed by atoms with Crippen molar-refractivity contribution in [3.63, 3.8) is 0 Å². The molecule has 0 aliphatic heterocycles. The summed E-state index contributed by atoms with van der Waals surface area (Å²) in [5, 5.41) is 0. The second-order valence-electron chi connectivity index (χ2n) is 3.97. The van der Waals surface area contributed by atoms with Crippen LogP contribution in [0.5, 0.6) is 5.75 Å². The van der Waals surface area contributed by atoms with Crippen molar-refractivity contribution in [3.8, 4) is 5.75 Å². The average molecular weight is 221 g/mol. The molecule has 1 aromatic carbocycles. The summed E-state index contributed by atoms with van der Waals surface area (Å²) in [6.07, 6.45) is 2.39. The molecule has 0 atom stereocenters. The first-order chi connectivity index (χ1) is 7.72. The first kappa shape index (κ1) is 10.8. The van der Waals surface area contributed by atoms with Crippen molar-refractivity contribution in [3.05, 3.63) is 23.8 Å². The van der Waals surface area contributed by atoms with E-state index in [4.69, 9.17) is 10.5 Å². The van der Waals surface area contributed by atoms with Crippen LogP contribution in [0.3, 0.4) is 0 Å². The van der Waals surface area contributed by atoms with Crippen LogP contribution in [0.15, 0.2) is 18.2 Å². The number of rotatable bonds is 4. The summed E-state index contributed by atoms with van der Waals surface area (Å²) in [6.45, 7) is 0.623. The molecule has 16 heavy (non-hydrogen) atoms. The number of carbonyl (C=O) groups is 1. The lowest BCUT2D eigenvalue weighted by molar-refractivity contribution is 0.0596. The van der Waals surface area contributed by atoms with Gasteiger partial charge in [-0.05, 0) is 30.9 Å². The van der Waals surface area contributed by atoms with Crippen LogP contribution in [0.25, 0.3) is 0 Å². The minimum atomic E-state index is -0.418. The highest BCUT2D eigenvalue weighted by Crippen LogP contribution is 2.32. The van der Waals surface area contributed by atoms with E-state index < -0.39 is 5.97 Å². The second-order valence-corrected chi connectivity index (χ2v) is 3.97. The van der Waals surface area contributed by atoms with Crippen molar-refractivity contribution in [2.45, 2.75) is 12.8 Å². The summed E-state index contributed by atoms with van der Waals surface area (Å²) in [7, 11) is 1.34. The fraction of sp³-hybridized carbons (Fsp3) is 0.417. The van der Waals surface area contributed by atoms with Crippen LogP contribution >= 0.6 is 0 Å². The van der Waals surface area contributed by atoms with E-state index in [9.17, 15) is 4.79 Å². The average Bonchev–Trinajstić information content (AvgIpc) is 3.10. The predicted molar refractivity (Wildman–Crippen MR) is 60.4 cm³/mol. The summed E-state index contributed by atoms with van der Waals surface area (Å²) in [6, 6.07) is 5.09. The number of esters is 1. The molecule has 0 amide bonds. The molecule has 0 aromatic heterocycles. The van der Waals surface area contributed by atoms with Crippen LogP contribution in [0.1, 0.15) is 23.2 Å². The van der Waals surface area contributed by atoms with Crippen LogP contribution in [0.2, 0.25) is 0 Å². The van der Waals surface area contributed by atoms with Crippen molar-refractivity contribution >= 4 is 11.7 Å². The smallest absolute Gasteiger partial charge is 0.341 e. The predicted octanol–water partition coefficient (Wildman–Crippen LogP) is 1.84. The molecule has 2 rings (SSSR count). The summed E-state index contributed by atoms with van der Waals surface area (Å²) in [4.78, 5) is 11.5. The third-order valence-electron chi connectivity index (χ3n) is 2.61. The van der Waals surface area contributed by atoms with Crippen molar-refractivity contribution in [2.75, 3.05) is 19.5 Å². The van der Waals surface area contributed by atoms with Gasteiger partial charge in [-0.3, -0.25) is 0 Å². The fourth-order valence-corrected chi connectivity index (χ4v) is 1.47. The molecule has 1 aliphatic rings. The number of benzene rings is 1. The van der Waals surface area contributed by atoms with Crippen LogP contribution in [0, 0.1) is 5.92 Å². The maximum atomic E-state index is 11.5. The molecule has 1 saturated carbocycles. The van der Waals surface area contributed by atoms with E-state index in [-0.39, 0.29) is 0 Å². The van der Waals surface area contributed by atoms with Gasteiger partial charge < -0.3 is 15.2 Å². The lowest BCUT2D eigenvalue weighted by Crippen LogP contribution is -2.09. The number of hydrogen-bond donors (Lipinski definition) is 1. The molecular formula is C12H15NO3. The van der Waals surface area contributed by atoms with E-state index >= 15 is 0 Å². The van der Waals surface area contributed by atoms with Gasteiger partial charge in [-0.1, -0.05) is 6.07 Å². The highest BCUT2D eigenvalue weighted by molar-refractivity contribution is 5.94. The Labute approximate surface area is 94.3 Å². The molecule has 1 aromatic rings. The Hall–Kier alpha value is -1.71. The molecule has 0 bridgehead atoms. The van der Waals surface area contributed by atoms with Gasteiger partial charge in [-0.25, -0.2) is 4.79 Å². The van der Waals surface area contributed by atoms with E-state index in [0.29, 0.717) is 29.5 Å². The Morgan fingerprint density at radius 1 is 1.50 bits per heavy atom. The van der Waals surface area contributed by atoms with Gasteiger partial charge in [0.15, 0.2) is 5.75 Å². The summed E-state index contributed by atoms with van der Waals surface area (Å²) in [5.41, 5.74) is 6.66. The van der Waals surface area contributed by atoms with Gasteiger partial charge in [0.25, 0.3) is 0 Å². The Bertz CT molecular complexity index is 399. The van der Waals surface area contributed by atoms with Gasteiger partial charge in [-0.2, -0.15) is 0 Å². The Morgan fingerprint density at radius 3 is 2.88 bits per heavy atom. The number of para-hydroxylation sites is 1. The minimum absolute atomic E-state index is 0.392. The van der Waals surface area contributed by atoms with Gasteiger partial charge >= 0.3 is 5.97 Å². The van der Waals surface area contributed by atoms with Crippen molar-refractivity contribution in [2.24, 2.45) is 5.92 Å². The van der Waals surface area contributed by atoms with Crippen LogP contribution in [-0.2, 0) is 4.74 Å². The Balaban J connectivity index is 2.20. The van der Waals surface area contributed by atoms with E-state index in [1.165, 1.54) is 20.0 Å². The number of methoxy groups -OCH3 is 1. The highest BCUT2D eigenvalue weighted by Gasteiger charge is 2.24. The van der Waals surface area contributed by atoms with Gasteiger partial charge in [0.05, 0.1) is 19.4 Å². The first-order valence-electron chi connectivity index (χ1n) is 5.32. The normalized spacial score (nSPS) is 14.6. The van der Waals surface area contributed by atoms with E-state index in [1.807, 2.05) is 0 Å². The monoisotopic (exact) mass is 221 g/mol. The number of carbonyl (C=O) groups excluding carboxylic acids is 1. The number of nitrogens with two attached hydrogens (primary N) is 1. The largest absolute Gasteiger partial charge is 0.490 e. The maximum Gasteiger partial charge on any atom is 0.341 e. The molecule has 4 heteroatoms. The minimum Gasteiger partial charge on any atom is -0.490 e. The molecule has 2 N–H and O–H groups in total. The third-order valence-corrected chi connectivity index (χ3v) is 2.61. The zero-order valence-electron chi connectivity index (χ0n) is 9.23. The van der Waals surface area contributed by atoms with E-state index in [1.54, 1.807) is 18.2 Å². The van der Waals surface area contributed by atoms with E-state index in [0.717, 1.165) is 0 Å². The molecule has 1 fully saturated rings. The van der Waals surface area contributed by atoms with Crippen molar-refractivity contribution in [1.29, 1.82) is 0 Å². The van der Waals surface area contributed by atoms with Gasteiger partial charge in [0, 0.05) is 0 Å².